The molecule has 0 N–H and O–H groups in total. The van der Waals surface area contributed by atoms with Gasteiger partial charge in [-0.05, 0) is 17.7 Å². The first-order valence-corrected chi connectivity index (χ1v) is 4.32. The summed E-state index contributed by atoms with van der Waals surface area (Å²) < 4.78 is 9.78. The highest BCUT2D eigenvalue weighted by Crippen LogP contribution is 2.25. The van der Waals surface area contributed by atoms with Crippen LogP contribution in [-0.2, 0) is 9.53 Å². The van der Waals surface area contributed by atoms with Crippen LogP contribution in [-0.4, -0.2) is 13.1 Å². The average molecular weight is 190 g/mol. The molecule has 1 aromatic rings. The third kappa shape index (κ3) is 1.62. The van der Waals surface area contributed by atoms with Crippen LogP contribution in [0.2, 0.25) is 0 Å². The van der Waals surface area contributed by atoms with E-state index in [-0.39, 0.29) is 5.97 Å². The van der Waals surface area contributed by atoms with Crippen molar-refractivity contribution in [2.75, 3.05) is 7.11 Å². The Balaban J connectivity index is 2.21. The van der Waals surface area contributed by atoms with Gasteiger partial charge >= 0.3 is 5.97 Å². The highest BCUT2D eigenvalue weighted by molar-refractivity contribution is 5.89. The number of methoxy groups -OCH3 is 1. The molecule has 3 nitrogen and oxygen atoms in total. The standard InChI is InChI=1S/C11H10O3/c1-13-10-4-2-8(3-5-10)9-6-11(12)14-7-9/h2-5,7H,6H2,1H3. The second-order valence-electron chi connectivity index (χ2n) is 3.04. The highest BCUT2D eigenvalue weighted by Gasteiger charge is 2.15. The first-order valence-electron chi connectivity index (χ1n) is 4.32. The number of cyclic esters (lactones) is 1. The van der Waals surface area contributed by atoms with Gasteiger partial charge in [0.15, 0.2) is 0 Å². The number of carbonyl (C=O) groups excluding carboxylic acids is 1. The molecule has 0 amide bonds. The molecule has 0 saturated carbocycles. The van der Waals surface area contributed by atoms with Crippen molar-refractivity contribution in [1.82, 2.24) is 0 Å². The number of rotatable bonds is 2. The summed E-state index contributed by atoms with van der Waals surface area (Å²) >= 11 is 0. The molecule has 1 aliphatic rings. The number of hydrogen-bond donors (Lipinski definition) is 0. The Hall–Kier alpha value is -1.77. The molecule has 0 atom stereocenters. The zero-order valence-corrected chi connectivity index (χ0v) is 7.82. The molecule has 0 bridgehead atoms. The fraction of sp³-hybridized carbons (Fsp3) is 0.182. The van der Waals surface area contributed by atoms with Crippen molar-refractivity contribution in [3.63, 3.8) is 0 Å². The lowest BCUT2D eigenvalue weighted by Gasteiger charge is -2.01. The van der Waals surface area contributed by atoms with Crippen LogP contribution in [0.1, 0.15) is 12.0 Å². The van der Waals surface area contributed by atoms with Gasteiger partial charge < -0.3 is 9.47 Å². The molecule has 0 spiro atoms. The minimum atomic E-state index is -0.198. The van der Waals surface area contributed by atoms with Gasteiger partial charge in [0.2, 0.25) is 0 Å². The average Bonchev–Trinajstić information content (AvgIpc) is 2.65. The summed E-state index contributed by atoms with van der Waals surface area (Å²) in [5.74, 6) is 0.607. The Morgan fingerprint density at radius 3 is 2.50 bits per heavy atom. The van der Waals surface area contributed by atoms with E-state index in [0.717, 1.165) is 16.9 Å². The van der Waals surface area contributed by atoms with Gasteiger partial charge in [-0.2, -0.15) is 0 Å². The minimum Gasteiger partial charge on any atom is -0.497 e. The normalized spacial score (nSPS) is 14.9. The van der Waals surface area contributed by atoms with Gasteiger partial charge in [0.1, 0.15) is 5.75 Å². The van der Waals surface area contributed by atoms with E-state index in [1.807, 2.05) is 24.3 Å². The predicted octanol–water partition coefficient (Wildman–Crippen LogP) is 1.98. The molecule has 0 fully saturated rings. The largest absolute Gasteiger partial charge is 0.497 e. The quantitative estimate of drug-likeness (QED) is 0.669. The fourth-order valence-electron chi connectivity index (χ4n) is 1.35. The van der Waals surface area contributed by atoms with Gasteiger partial charge in [-0.1, -0.05) is 12.1 Å². The van der Waals surface area contributed by atoms with E-state index in [1.54, 1.807) is 7.11 Å². The lowest BCUT2D eigenvalue weighted by molar-refractivity contribution is -0.135. The molecule has 72 valence electrons. The van der Waals surface area contributed by atoms with Crippen molar-refractivity contribution in [2.24, 2.45) is 0 Å². The summed E-state index contributed by atoms with van der Waals surface area (Å²) in [6, 6.07) is 7.54. The Morgan fingerprint density at radius 2 is 2.00 bits per heavy atom. The molecular weight excluding hydrogens is 180 g/mol. The van der Waals surface area contributed by atoms with Gasteiger partial charge in [0.25, 0.3) is 0 Å². The first-order chi connectivity index (χ1) is 6.79. The van der Waals surface area contributed by atoms with Crippen LogP contribution < -0.4 is 4.74 Å². The van der Waals surface area contributed by atoms with Crippen molar-refractivity contribution in [3.8, 4) is 5.75 Å². The van der Waals surface area contributed by atoms with Crippen LogP contribution >= 0.6 is 0 Å². The lowest BCUT2D eigenvalue weighted by Crippen LogP contribution is -1.91. The van der Waals surface area contributed by atoms with Crippen molar-refractivity contribution in [3.05, 3.63) is 36.1 Å². The molecule has 1 aliphatic heterocycles. The molecule has 0 saturated heterocycles. The number of ether oxygens (including phenoxy) is 2. The Kier molecular flexibility index (Phi) is 2.23. The minimum absolute atomic E-state index is 0.198. The van der Waals surface area contributed by atoms with Crippen LogP contribution in [0.25, 0.3) is 5.57 Å². The van der Waals surface area contributed by atoms with Crippen LogP contribution in [0.4, 0.5) is 0 Å². The van der Waals surface area contributed by atoms with Crippen molar-refractivity contribution < 1.29 is 14.3 Å². The van der Waals surface area contributed by atoms with Crippen LogP contribution in [0.3, 0.4) is 0 Å². The van der Waals surface area contributed by atoms with E-state index in [1.165, 1.54) is 6.26 Å². The number of esters is 1. The molecular formula is C11H10O3. The third-order valence-corrected chi connectivity index (χ3v) is 2.13. The fourth-order valence-corrected chi connectivity index (χ4v) is 1.35. The zero-order chi connectivity index (χ0) is 9.97. The molecule has 1 heterocycles. The van der Waals surface area contributed by atoms with Gasteiger partial charge in [-0.25, -0.2) is 0 Å². The molecule has 0 radical (unpaired) electrons. The molecule has 0 aliphatic carbocycles. The van der Waals surface area contributed by atoms with Crippen molar-refractivity contribution in [2.45, 2.75) is 6.42 Å². The van der Waals surface area contributed by atoms with E-state index in [4.69, 9.17) is 9.47 Å². The Labute approximate surface area is 81.9 Å². The summed E-state index contributed by atoms with van der Waals surface area (Å²) in [4.78, 5) is 10.9. The zero-order valence-electron chi connectivity index (χ0n) is 7.82. The maximum atomic E-state index is 10.9. The highest BCUT2D eigenvalue weighted by atomic mass is 16.5. The summed E-state index contributed by atoms with van der Waals surface area (Å²) in [6.07, 6.45) is 1.86. The molecule has 0 unspecified atom stereocenters. The van der Waals surface area contributed by atoms with Crippen molar-refractivity contribution >= 4 is 11.5 Å². The van der Waals surface area contributed by atoms with Crippen molar-refractivity contribution in [1.29, 1.82) is 0 Å². The van der Waals surface area contributed by atoms with E-state index >= 15 is 0 Å². The van der Waals surface area contributed by atoms with Crippen LogP contribution in [0, 0.1) is 0 Å². The third-order valence-electron chi connectivity index (χ3n) is 2.13. The number of hydrogen-bond acceptors (Lipinski definition) is 3. The maximum Gasteiger partial charge on any atom is 0.315 e. The Bertz CT molecular complexity index is 376. The second kappa shape index (κ2) is 3.54. The molecule has 0 aromatic heterocycles. The molecule has 3 heteroatoms. The van der Waals surface area contributed by atoms with E-state index in [0.29, 0.717) is 6.42 Å². The van der Waals surface area contributed by atoms with E-state index < -0.39 is 0 Å². The smallest absolute Gasteiger partial charge is 0.315 e. The van der Waals surface area contributed by atoms with Crippen LogP contribution in [0.5, 0.6) is 5.75 Å². The van der Waals surface area contributed by atoms with Crippen LogP contribution in [0.15, 0.2) is 30.5 Å². The predicted molar refractivity (Wildman–Crippen MR) is 51.7 cm³/mol. The first kappa shape index (κ1) is 8.81. The molecule has 1 aromatic carbocycles. The maximum absolute atomic E-state index is 10.9. The number of carbonyl (C=O) groups is 1. The lowest BCUT2D eigenvalue weighted by atomic mass is 10.1. The van der Waals surface area contributed by atoms with Gasteiger partial charge in [-0.3, -0.25) is 4.79 Å². The number of benzene rings is 1. The van der Waals surface area contributed by atoms with Gasteiger partial charge in [-0.15, -0.1) is 0 Å². The van der Waals surface area contributed by atoms with E-state index in [2.05, 4.69) is 0 Å². The summed E-state index contributed by atoms with van der Waals surface area (Å²) in [5, 5.41) is 0. The Morgan fingerprint density at radius 1 is 1.29 bits per heavy atom. The van der Waals surface area contributed by atoms with E-state index in [9.17, 15) is 4.79 Å². The summed E-state index contributed by atoms with van der Waals surface area (Å²) in [5.41, 5.74) is 1.91. The summed E-state index contributed by atoms with van der Waals surface area (Å²) in [7, 11) is 1.62. The monoisotopic (exact) mass is 190 g/mol. The molecule has 14 heavy (non-hydrogen) atoms. The van der Waals surface area contributed by atoms with Gasteiger partial charge in [0, 0.05) is 5.57 Å². The molecule has 2 rings (SSSR count). The SMILES string of the molecule is COc1ccc(C2=COC(=O)C2)cc1. The summed E-state index contributed by atoms with van der Waals surface area (Å²) in [6.45, 7) is 0. The van der Waals surface area contributed by atoms with Gasteiger partial charge in [0.05, 0.1) is 19.8 Å². The topological polar surface area (TPSA) is 35.5 Å². The second-order valence-corrected chi connectivity index (χ2v) is 3.04.